The molecule has 0 radical (unpaired) electrons. The molecule has 1 amide bonds. The van der Waals surface area contributed by atoms with E-state index in [1.165, 1.54) is 11.3 Å². The minimum atomic E-state index is -0.104. The number of hydrogen-bond acceptors (Lipinski definition) is 4. The maximum absolute atomic E-state index is 12.9. The maximum atomic E-state index is 12.9. The van der Waals surface area contributed by atoms with Gasteiger partial charge in [-0.15, -0.1) is 11.3 Å². The molecule has 23 heavy (non-hydrogen) atoms. The number of hydrogen-bond donors (Lipinski definition) is 0. The van der Waals surface area contributed by atoms with E-state index in [4.69, 9.17) is 4.74 Å². The fourth-order valence-corrected chi connectivity index (χ4v) is 3.60. The van der Waals surface area contributed by atoms with Crippen LogP contribution >= 0.6 is 11.3 Å². The average molecular weight is 329 g/mol. The Hall–Kier alpha value is -1.98. The van der Waals surface area contributed by atoms with Crippen molar-refractivity contribution in [2.75, 3.05) is 13.1 Å². The zero-order chi connectivity index (χ0) is 16.4. The third kappa shape index (κ3) is 3.35. The van der Waals surface area contributed by atoms with Crippen LogP contribution in [0.5, 0.6) is 0 Å². The number of ketones is 1. The second-order valence-electron chi connectivity index (χ2n) is 5.82. The van der Waals surface area contributed by atoms with Gasteiger partial charge >= 0.3 is 0 Å². The first-order chi connectivity index (χ1) is 11.1. The number of rotatable bonds is 3. The zero-order valence-electron chi connectivity index (χ0n) is 13.2. The van der Waals surface area contributed by atoms with Gasteiger partial charge in [0.15, 0.2) is 0 Å². The number of morpholine rings is 1. The molecule has 4 nitrogen and oxygen atoms in total. The highest BCUT2D eigenvalue weighted by atomic mass is 32.1. The lowest BCUT2D eigenvalue weighted by atomic mass is 10.0. The van der Waals surface area contributed by atoms with Gasteiger partial charge in [-0.05, 0) is 31.4 Å². The van der Waals surface area contributed by atoms with Crippen molar-refractivity contribution in [3.8, 4) is 0 Å². The summed E-state index contributed by atoms with van der Waals surface area (Å²) in [6.07, 6.45) is 0.00530. The fraction of sp³-hybridized carbons (Fsp3) is 0.333. The second kappa shape index (κ2) is 6.64. The Labute approximate surface area is 139 Å². The lowest BCUT2D eigenvalue weighted by Gasteiger charge is -2.35. The summed E-state index contributed by atoms with van der Waals surface area (Å²) in [4.78, 5) is 28.0. The van der Waals surface area contributed by atoms with E-state index < -0.39 is 0 Å². The molecule has 1 aliphatic rings. The Morgan fingerprint density at radius 2 is 1.70 bits per heavy atom. The van der Waals surface area contributed by atoms with Crippen LogP contribution in [-0.2, 0) is 4.74 Å². The van der Waals surface area contributed by atoms with Crippen molar-refractivity contribution in [3.63, 3.8) is 0 Å². The summed E-state index contributed by atoms with van der Waals surface area (Å²) in [5.74, 6) is -0.203. The van der Waals surface area contributed by atoms with Crippen LogP contribution in [0.25, 0.3) is 0 Å². The third-order valence-electron chi connectivity index (χ3n) is 3.85. The molecule has 120 valence electrons. The van der Waals surface area contributed by atoms with E-state index in [1.807, 2.05) is 25.3 Å². The Balaban J connectivity index is 1.91. The molecule has 0 aliphatic carbocycles. The number of thiophene rings is 1. The van der Waals surface area contributed by atoms with Crippen molar-refractivity contribution < 1.29 is 14.3 Å². The second-order valence-corrected chi connectivity index (χ2v) is 6.77. The SMILES string of the molecule is C[C@H]1CN(C(=O)c2ccccc2C(=O)c2cccs2)C[C@H](C)O1. The lowest BCUT2D eigenvalue weighted by Crippen LogP contribution is -2.48. The Kier molecular flexibility index (Phi) is 4.59. The van der Waals surface area contributed by atoms with Crippen LogP contribution in [0.4, 0.5) is 0 Å². The molecule has 0 bridgehead atoms. The van der Waals surface area contributed by atoms with Crippen LogP contribution in [0.3, 0.4) is 0 Å². The topological polar surface area (TPSA) is 46.6 Å². The number of carbonyl (C=O) groups is 2. The number of nitrogens with zero attached hydrogens (tertiary/aromatic N) is 1. The molecule has 0 spiro atoms. The van der Waals surface area contributed by atoms with Gasteiger partial charge < -0.3 is 9.64 Å². The van der Waals surface area contributed by atoms with E-state index in [0.29, 0.717) is 29.1 Å². The molecular weight excluding hydrogens is 310 g/mol. The van der Waals surface area contributed by atoms with Crippen molar-refractivity contribution in [1.82, 2.24) is 4.90 Å². The summed E-state index contributed by atoms with van der Waals surface area (Å²) < 4.78 is 5.68. The van der Waals surface area contributed by atoms with E-state index in [2.05, 4.69) is 0 Å². The number of amides is 1. The number of carbonyl (C=O) groups excluding carboxylic acids is 2. The monoisotopic (exact) mass is 329 g/mol. The highest BCUT2D eigenvalue weighted by Crippen LogP contribution is 2.21. The predicted molar refractivity (Wildman–Crippen MR) is 90.1 cm³/mol. The van der Waals surface area contributed by atoms with Gasteiger partial charge in [-0.3, -0.25) is 9.59 Å². The molecule has 1 aromatic carbocycles. The molecule has 1 fully saturated rings. The summed E-state index contributed by atoms with van der Waals surface area (Å²) in [5, 5.41) is 1.86. The largest absolute Gasteiger partial charge is 0.372 e. The third-order valence-corrected chi connectivity index (χ3v) is 4.72. The van der Waals surface area contributed by atoms with Gasteiger partial charge in [0.25, 0.3) is 5.91 Å². The highest BCUT2D eigenvalue weighted by molar-refractivity contribution is 7.12. The Morgan fingerprint density at radius 1 is 1.04 bits per heavy atom. The van der Waals surface area contributed by atoms with Gasteiger partial charge in [0, 0.05) is 18.7 Å². The first kappa shape index (κ1) is 15.9. The molecule has 1 saturated heterocycles. The van der Waals surface area contributed by atoms with Crippen molar-refractivity contribution in [2.45, 2.75) is 26.1 Å². The molecular formula is C18H19NO3S. The van der Waals surface area contributed by atoms with Crippen molar-refractivity contribution in [1.29, 1.82) is 0 Å². The van der Waals surface area contributed by atoms with Crippen LogP contribution < -0.4 is 0 Å². The summed E-state index contributed by atoms with van der Waals surface area (Å²) in [5.41, 5.74) is 0.930. The van der Waals surface area contributed by atoms with Gasteiger partial charge in [-0.2, -0.15) is 0 Å². The van der Waals surface area contributed by atoms with Gasteiger partial charge in [-0.25, -0.2) is 0 Å². The number of ether oxygens (including phenoxy) is 1. The molecule has 1 aliphatic heterocycles. The van der Waals surface area contributed by atoms with E-state index in [1.54, 1.807) is 35.2 Å². The zero-order valence-corrected chi connectivity index (χ0v) is 14.0. The van der Waals surface area contributed by atoms with Crippen LogP contribution in [0.1, 0.15) is 39.4 Å². The smallest absolute Gasteiger partial charge is 0.254 e. The molecule has 0 N–H and O–H groups in total. The van der Waals surface area contributed by atoms with Crippen molar-refractivity contribution in [3.05, 3.63) is 57.8 Å². The van der Waals surface area contributed by atoms with Gasteiger partial charge in [0.1, 0.15) is 0 Å². The molecule has 0 saturated carbocycles. The molecule has 1 aromatic heterocycles. The fourth-order valence-electron chi connectivity index (χ4n) is 2.92. The van der Waals surface area contributed by atoms with E-state index >= 15 is 0 Å². The van der Waals surface area contributed by atoms with Gasteiger partial charge in [-0.1, -0.05) is 24.3 Å². The summed E-state index contributed by atoms with van der Waals surface area (Å²) in [6, 6.07) is 10.7. The predicted octanol–water partition coefficient (Wildman–Crippen LogP) is 3.23. The van der Waals surface area contributed by atoms with Crippen molar-refractivity contribution >= 4 is 23.0 Å². The van der Waals surface area contributed by atoms with Gasteiger partial charge in [0.05, 0.1) is 22.6 Å². The van der Waals surface area contributed by atoms with Crippen molar-refractivity contribution in [2.24, 2.45) is 0 Å². The quantitative estimate of drug-likeness (QED) is 0.812. The molecule has 2 heterocycles. The van der Waals surface area contributed by atoms with Gasteiger partial charge in [0.2, 0.25) is 5.78 Å². The minimum absolute atomic E-state index is 0.00265. The first-order valence-corrected chi connectivity index (χ1v) is 8.56. The normalized spacial score (nSPS) is 21.2. The van der Waals surface area contributed by atoms with Crippen LogP contribution in [0.15, 0.2) is 41.8 Å². The van der Waals surface area contributed by atoms with E-state index in [-0.39, 0.29) is 23.9 Å². The van der Waals surface area contributed by atoms with E-state index in [0.717, 1.165) is 0 Å². The molecule has 3 rings (SSSR count). The first-order valence-electron chi connectivity index (χ1n) is 7.68. The highest BCUT2D eigenvalue weighted by Gasteiger charge is 2.29. The minimum Gasteiger partial charge on any atom is -0.372 e. The molecule has 2 atom stereocenters. The van der Waals surface area contributed by atoms with Crippen LogP contribution in [0, 0.1) is 0 Å². The molecule has 5 heteroatoms. The standard InChI is InChI=1S/C18H19NO3S/c1-12-10-19(11-13(2)22-12)18(21)15-7-4-3-6-14(15)17(20)16-8-5-9-23-16/h3-9,12-13H,10-11H2,1-2H3/t12-,13-/m0/s1. The summed E-state index contributed by atoms with van der Waals surface area (Å²) in [7, 11) is 0. The summed E-state index contributed by atoms with van der Waals surface area (Å²) in [6.45, 7) is 5.01. The van der Waals surface area contributed by atoms with Crippen LogP contribution in [-0.4, -0.2) is 41.9 Å². The Morgan fingerprint density at radius 3 is 2.30 bits per heavy atom. The van der Waals surface area contributed by atoms with E-state index in [9.17, 15) is 9.59 Å². The average Bonchev–Trinajstić information content (AvgIpc) is 3.07. The Bertz CT molecular complexity index is 701. The summed E-state index contributed by atoms with van der Waals surface area (Å²) >= 11 is 1.39. The molecule has 0 unspecified atom stereocenters. The maximum Gasteiger partial charge on any atom is 0.254 e. The lowest BCUT2D eigenvalue weighted by molar-refractivity contribution is -0.0586. The van der Waals surface area contributed by atoms with Crippen LogP contribution in [0.2, 0.25) is 0 Å². The molecule has 2 aromatic rings. The number of benzene rings is 1.